The Hall–Kier alpha value is -3.35. The molecule has 0 radical (unpaired) electrons. The summed E-state index contributed by atoms with van der Waals surface area (Å²) in [6.45, 7) is 1.63. The molecule has 3 aromatic rings. The third-order valence-electron chi connectivity index (χ3n) is 5.15. The molecule has 4 rings (SSSR count). The maximum absolute atomic E-state index is 13.3. The molecule has 0 spiro atoms. The van der Waals surface area contributed by atoms with Crippen molar-refractivity contribution in [2.45, 2.75) is 4.90 Å². The Bertz CT molecular complexity index is 1280. The first-order valence-corrected chi connectivity index (χ1v) is 10.9. The lowest BCUT2D eigenvalue weighted by atomic mass is 10.2. The van der Waals surface area contributed by atoms with Crippen molar-refractivity contribution in [3.8, 4) is 5.88 Å². The van der Waals surface area contributed by atoms with Gasteiger partial charge in [-0.15, -0.1) is 10.2 Å². The molecule has 31 heavy (non-hydrogen) atoms. The number of piperazine rings is 1. The number of aromatic amines is 1. The third-order valence-corrected chi connectivity index (χ3v) is 7.08. The topological polar surface area (TPSA) is 144 Å². The second-order valence-corrected chi connectivity index (χ2v) is 9.09. The van der Waals surface area contributed by atoms with E-state index in [-0.39, 0.29) is 40.9 Å². The number of rotatable bonds is 5. The van der Waals surface area contributed by atoms with Crippen LogP contribution in [0.2, 0.25) is 0 Å². The number of hydrogen-bond acceptors (Lipinski definition) is 8. The van der Waals surface area contributed by atoms with Gasteiger partial charge in [0.05, 0.1) is 10.4 Å². The van der Waals surface area contributed by atoms with Crippen LogP contribution >= 0.6 is 0 Å². The number of fused-ring (bicyclic) bond motifs is 1. The molecule has 0 amide bonds. The molecular weight excluding hydrogens is 424 g/mol. The summed E-state index contributed by atoms with van der Waals surface area (Å²) >= 11 is 0. The van der Waals surface area contributed by atoms with Crippen LogP contribution in [0.1, 0.15) is 0 Å². The zero-order valence-electron chi connectivity index (χ0n) is 16.6. The van der Waals surface area contributed by atoms with Gasteiger partial charge in [-0.1, -0.05) is 18.2 Å². The number of aromatic nitrogens is 1. The van der Waals surface area contributed by atoms with E-state index in [1.165, 1.54) is 16.4 Å². The fourth-order valence-corrected chi connectivity index (χ4v) is 4.96. The summed E-state index contributed by atoms with van der Waals surface area (Å²) in [6.07, 6.45) is 0. The van der Waals surface area contributed by atoms with Crippen LogP contribution in [-0.4, -0.2) is 65.9 Å². The van der Waals surface area contributed by atoms with E-state index in [4.69, 9.17) is 0 Å². The van der Waals surface area contributed by atoms with Crippen molar-refractivity contribution in [1.29, 1.82) is 0 Å². The minimum absolute atomic E-state index is 0.0470. The smallest absolute Gasteiger partial charge is 0.270 e. The van der Waals surface area contributed by atoms with Gasteiger partial charge in [-0.25, -0.2) is 8.42 Å². The average Bonchev–Trinajstić information content (AvgIpc) is 3.07. The second kappa shape index (κ2) is 8.06. The standard InChI is InChI=1S/C19H20N6O5S/c1-23-8-10-24(11-9-23)31(29,30)17-12-13(25(27)28)6-7-16(17)21-22-18-14-4-2-3-5-15(14)20-19(18)26/h2-7,12,20,26H,8-11H2,1H3. The minimum atomic E-state index is -4.04. The van der Waals surface area contributed by atoms with Gasteiger partial charge in [0, 0.05) is 43.7 Å². The monoisotopic (exact) mass is 444 g/mol. The SMILES string of the molecule is CN1CCN(S(=O)(=O)c2cc([N+](=O)[O-])ccc2N=Nc2c(O)[nH]c3ccccc23)CC1. The largest absolute Gasteiger partial charge is 0.493 e. The van der Waals surface area contributed by atoms with Gasteiger partial charge in [0.15, 0.2) is 5.69 Å². The van der Waals surface area contributed by atoms with Gasteiger partial charge in [0.1, 0.15) is 10.6 Å². The first-order chi connectivity index (χ1) is 14.8. The van der Waals surface area contributed by atoms with Crippen molar-refractivity contribution >= 4 is 38.0 Å². The number of benzene rings is 2. The number of nitro benzene ring substituents is 1. The fraction of sp³-hybridized carbons (Fsp3) is 0.263. The molecule has 0 bridgehead atoms. The van der Waals surface area contributed by atoms with Crippen molar-refractivity contribution in [2.75, 3.05) is 33.2 Å². The maximum Gasteiger partial charge on any atom is 0.270 e. The average molecular weight is 444 g/mol. The summed E-state index contributed by atoms with van der Waals surface area (Å²) < 4.78 is 27.8. The predicted octanol–water partition coefficient (Wildman–Crippen LogP) is 3.13. The Morgan fingerprint density at radius 2 is 1.81 bits per heavy atom. The van der Waals surface area contributed by atoms with Crippen molar-refractivity contribution in [3.63, 3.8) is 0 Å². The van der Waals surface area contributed by atoms with Crippen LogP contribution in [0, 0.1) is 10.1 Å². The number of aromatic hydroxyl groups is 1. The van der Waals surface area contributed by atoms with Crippen molar-refractivity contribution in [1.82, 2.24) is 14.2 Å². The summed E-state index contributed by atoms with van der Waals surface area (Å²) in [7, 11) is -2.14. The molecule has 11 nitrogen and oxygen atoms in total. The van der Waals surface area contributed by atoms with Crippen LogP contribution in [0.4, 0.5) is 17.1 Å². The number of H-pyrrole nitrogens is 1. The zero-order valence-corrected chi connectivity index (χ0v) is 17.4. The normalized spacial score (nSPS) is 16.3. The molecule has 162 valence electrons. The summed E-state index contributed by atoms with van der Waals surface area (Å²) in [5.74, 6) is -0.213. The van der Waals surface area contributed by atoms with Gasteiger partial charge in [-0.3, -0.25) is 10.1 Å². The van der Waals surface area contributed by atoms with Crippen LogP contribution in [0.25, 0.3) is 10.9 Å². The van der Waals surface area contributed by atoms with E-state index < -0.39 is 14.9 Å². The van der Waals surface area contributed by atoms with Crippen LogP contribution in [-0.2, 0) is 10.0 Å². The molecule has 1 saturated heterocycles. The summed E-state index contributed by atoms with van der Waals surface area (Å²) in [4.78, 5) is 15.1. The molecule has 0 aliphatic carbocycles. The molecule has 1 aromatic heterocycles. The number of sulfonamides is 1. The summed E-state index contributed by atoms with van der Waals surface area (Å²) in [5.41, 5.74) is 0.385. The molecule has 0 atom stereocenters. The number of para-hydroxylation sites is 1. The zero-order chi connectivity index (χ0) is 22.2. The molecule has 2 heterocycles. The number of nitro groups is 1. The fourth-order valence-electron chi connectivity index (χ4n) is 3.39. The lowest BCUT2D eigenvalue weighted by Crippen LogP contribution is -2.47. The number of nitrogens with zero attached hydrogens (tertiary/aromatic N) is 5. The van der Waals surface area contributed by atoms with E-state index in [1.54, 1.807) is 24.3 Å². The quantitative estimate of drug-likeness (QED) is 0.351. The highest BCUT2D eigenvalue weighted by Gasteiger charge is 2.31. The number of azo groups is 1. The lowest BCUT2D eigenvalue weighted by Gasteiger charge is -2.31. The number of nitrogens with one attached hydrogen (secondary N) is 1. The third kappa shape index (κ3) is 4.00. The molecule has 1 aliphatic heterocycles. The van der Waals surface area contributed by atoms with Gasteiger partial charge in [-0.2, -0.15) is 4.31 Å². The first-order valence-electron chi connectivity index (χ1n) is 9.46. The van der Waals surface area contributed by atoms with E-state index in [0.717, 1.165) is 6.07 Å². The van der Waals surface area contributed by atoms with Gasteiger partial charge in [0.25, 0.3) is 5.69 Å². The van der Waals surface area contributed by atoms with Crippen molar-refractivity contribution < 1.29 is 18.4 Å². The molecule has 12 heteroatoms. The Kier molecular flexibility index (Phi) is 5.43. The van der Waals surface area contributed by atoms with E-state index in [0.29, 0.717) is 24.0 Å². The van der Waals surface area contributed by atoms with Gasteiger partial charge in [0.2, 0.25) is 15.9 Å². The van der Waals surface area contributed by atoms with E-state index >= 15 is 0 Å². The highest BCUT2D eigenvalue weighted by molar-refractivity contribution is 7.89. The number of non-ortho nitro benzene ring substituents is 1. The molecule has 1 aliphatic rings. The summed E-state index contributed by atoms with van der Waals surface area (Å²) in [5, 5.41) is 30.1. The molecule has 2 aromatic carbocycles. The van der Waals surface area contributed by atoms with Crippen LogP contribution < -0.4 is 0 Å². The highest BCUT2D eigenvalue weighted by Crippen LogP contribution is 2.38. The first kappa shape index (κ1) is 20.9. The molecule has 0 unspecified atom stereocenters. The Balaban J connectivity index is 1.78. The number of hydrogen-bond donors (Lipinski definition) is 2. The van der Waals surface area contributed by atoms with Crippen molar-refractivity contribution in [3.05, 3.63) is 52.6 Å². The molecule has 2 N–H and O–H groups in total. The van der Waals surface area contributed by atoms with Crippen LogP contribution in [0.15, 0.2) is 57.6 Å². The van der Waals surface area contributed by atoms with E-state index in [9.17, 15) is 23.6 Å². The molecule has 1 fully saturated rings. The van der Waals surface area contributed by atoms with Crippen molar-refractivity contribution in [2.24, 2.45) is 10.2 Å². The van der Waals surface area contributed by atoms with Gasteiger partial charge in [-0.05, 0) is 19.2 Å². The Morgan fingerprint density at radius 1 is 1.10 bits per heavy atom. The minimum Gasteiger partial charge on any atom is -0.493 e. The van der Waals surface area contributed by atoms with Crippen LogP contribution in [0.3, 0.4) is 0 Å². The van der Waals surface area contributed by atoms with Gasteiger partial charge < -0.3 is 15.0 Å². The molecular formula is C19H20N6O5S. The predicted molar refractivity (Wildman–Crippen MR) is 113 cm³/mol. The molecule has 0 saturated carbocycles. The Labute approximate surface area is 177 Å². The van der Waals surface area contributed by atoms with E-state index in [2.05, 4.69) is 15.2 Å². The maximum atomic E-state index is 13.3. The summed E-state index contributed by atoms with van der Waals surface area (Å²) in [6, 6.07) is 10.5. The second-order valence-electron chi connectivity index (χ2n) is 7.18. The Morgan fingerprint density at radius 3 is 2.52 bits per heavy atom. The number of likely N-dealkylation sites (N-methyl/N-ethyl adjacent to an activating group) is 1. The highest BCUT2D eigenvalue weighted by atomic mass is 32.2. The van der Waals surface area contributed by atoms with E-state index in [1.807, 2.05) is 11.9 Å². The van der Waals surface area contributed by atoms with Gasteiger partial charge >= 0.3 is 0 Å². The van der Waals surface area contributed by atoms with Crippen LogP contribution in [0.5, 0.6) is 5.88 Å². The lowest BCUT2D eigenvalue weighted by molar-refractivity contribution is -0.385.